The van der Waals surface area contributed by atoms with E-state index in [1.54, 1.807) is 17.0 Å². The number of rotatable bonds is 7. The summed E-state index contributed by atoms with van der Waals surface area (Å²) in [6.07, 6.45) is 6.93. The Morgan fingerprint density at radius 2 is 1.77 bits per heavy atom. The van der Waals surface area contributed by atoms with E-state index in [0.29, 0.717) is 17.2 Å². The van der Waals surface area contributed by atoms with Crippen LogP contribution in [0.3, 0.4) is 0 Å². The molecule has 3 amide bonds. The second-order valence-corrected chi connectivity index (χ2v) is 12.9. The Labute approximate surface area is 259 Å². The van der Waals surface area contributed by atoms with Crippen molar-refractivity contribution in [3.8, 4) is 0 Å². The number of carbonyl (C=O) groups is 2. The molecule has 0 fully saturated rings. The van der Waals surface area contributed by atoms with Gasteiger partial charge in [0.15, 0.2) is 5.13 Å². The summed E-state index contributed by atoms with van der Waals surface area (Å²) in [7, 11) is 0. The van der Waals surface area contributed by atoms with E-state index in [1.165, 1.54) is 40.9 Å². The van der Waals surface area contributed by atoms with Gasteiger partial charge in [-0.3, -0.25) is 20.3 Å². The van der Waals surface area contributed by atoms with Gasteiger partial charge in [-0.25, -0.2) is 9.78 Å². The van der Waals surface area contributed by atoms with Crippen molar-refractivity contribution < 1.29 is 9.59 Å². The molecule has 0 atom stereocenters. The van der Waals surface area contributed by atoms with Crippen LogP contribution in [0.25, 0.3) is 15.8 Å². The first-order chi connectivity index (χ1) is 21.2. The number of carbonyl (C=O) groups excluding carboxylic acids is 2. The zero-order valence-corrected chi connectivity index (χ0v) is 25.7. The number of tetrazole rings is 1. The maximum atomic E-state index is 13.8. The number of aromatic nitrogens is 5. The monoisotopic (exact) mass is 606 g/mol. The summed E-state index contributed by atoms with van der Waals surface area (Å²) >= 11 is 1.45. The fourth-order valence-corrected chi connectivity index (χ4v) is 6.01. The van der Waals surface area contributed by atoms with Crippen molar-refractivity contribution in [1.82, 2.24) is 25.6 Å². The molecule has 0 saturated heterocycles. The van der Waals surface area contributed by atoms with Crippen LogP contribution < -0.4 is 15.5 Å². The van der Waals surface area contributed by atoms with Crippen molar-refractivity contribution in [2.75, 3.05) is 15.5 Å². The molecule has 5 aromatic rings. The predicted octanol–water partition coefficient (Wildman–Crippen LogP) is 7.56. The van der Waals surface area contributed by atoms with Gasteiger partial charge < -0.3 is 0 Å². The van der Waals surface area contributed by atoms with Gasteiger partial charge in [0.2, 0.25) is 0 Å². The van der Waals surface area contributed by atoms with Crippen molar-refractivity contribution in [3.05, 3.63) is 95.1 Å². The number of anilines is 3. The summed E-state index contributed by atoms with van der Waals surface area (Å²) in [5, 5.41) is 19.4. The molecule has 11 heteroatoms. The van der Waals surface area contributed by atoms with Gasteiger partial charge in [-0.05, 0) is 95.0 Å². The molecule has 2 aromatic heterocycles. The largest absolute Gasteiger partial charge is 0.328 e. The number of hydrogen-bond donors (Lipinski definition) is 3. The maximum absolute atomic E-state index is 13.8. The molecule has 0 radical (unpaired) electrons. The highest BCUT2D eigenvalue weighted by molar-refractivity contribution is 7.22. The fraction of sp³-hybridized carbons (Fsp3) is 0.273. The van der Waals surface area contributed by atoms with Gasteiger partial charge in [-0.15, -0.1) is 5.10 Å². The average molecular weight is 607 g/mol. The van der Waals surface area contributed by atoms with Crippen LogP contribution in [0.5, 0.6) is 0 Å². The smallest absolute Gasteiger partial charge is 0.290 e. The second-order valence-electron chi connectivity index (χ2n) is 11.9. The first-order valence-electron chi connectivity index (χ1n) is 14.7. The van der Waals surface area contributed by atoms with Gasteiger partial charge in [0, 0.05) is 11.3 Å². The molecule has 1 aliphatic carbocycles. The number of nitrogens with zero attached hydrogens (tertiary/aromatic N) is 5. The van der Waals surface area contributed by atoms with E-state index < -0.39 is 0 Å². The Kier molecular flexibility index (Phi) is 8.21. The van der Waals surface area contributed by atoms with Gasteiger partial charge in [-0.2, -0.15) is 5.21 Å². The molecule has 6 rings (SSSR count). The van der Waals surface area contributed by atoms with Crippen LogP contribution in [0, 0.1) is 0 Å². The minimum Gasteiger partial charge on any atom is -0.290 e. The van der Waals surface area contributed by atoms with E-state index >= 15 is 0 Å². The Morgan fingerprint density at radius 1 is 0.977 bits per heavy atom. The third-order valence-corrected chi connectivity index (χ3v) is 8.63. The van der Waals surface area contributed by atoms with Crippen LogP contribution >= 0.6 is 11.3 Å². The zero-order chi connectivity index (χ0) is 30.7. The van der Waals surface area contributed by atoms with Gasteiger partial charge >= 0.3 is 6.03 Å². The zero-order valence-electron chi connectivity index (χ0n) is 24.9. The average Bonchev–Trinajstić information content (AvgIpc) is 3.69. The highest BCUT2D eigenvalue weighted by atomic mass is 32.1. The van der Waals surface area contributed by atoms with E-state index in [4.69, 9.17) is 4.98 Å². The van der Waals surface area contributed by atoms with E-state index in [2.05, 4.69) is 88.4 Å². The SMILES string of the molecule is CC(C)(C)c1ccc2sc(NC(=O)N(Cc3ccc(C(=O)Nc4nn[nH]n4)cc3)c3ccc(C4=CCCCC4)cc3)nc2c1. The molecule has 3 aromatic carbocycles. The van der Waals surface area contributed by atoms with Gasteiger partial charge in [0.05, 0.1) is 16.8 Å². The summed E-state index contributed by atoms with van der Waals surface area (Å²) < 4.78 is 1.01. The standard InChI is InChI=1S/C33H34N8O2S/c1-33(2,3)25-15-18-28-27(19-25)34-31(44-28)36-32(43)41(26-16-13-23(14-17-26)22-7-5-4-6-8-22)20-21-9-11-24(12-10-21)29(42)35-30-37-39-40-38-30/h7,9-19H,4-6,8,20H2,1-3H3,(H,34,36,43)(H2,35,37,38,39,40,42). The molecule has 0 saturated carbocycles. The molecule has 0 bridgehead atoms. The fourth-order valence-electron chi connectivity index (χ4n) is 5.18. The van der Waals surface area contributed by atoms with Crippen molar-refractivity contribution in [1.29, 1.82) is 0 Å². The molecule has 2 heterocycles. The lowest BCUT2D eigenvalue weighted by atomic mass is 9.87. The summed E-state index contributed by atoms with van der Waals surface area (Å²) in [6.45, 7) is 6.80. The maximum Gasteiger partial charge on any atom is 0.328 e. The van der Waals surface area contributed by atoms with Gasteiger partial charge in [0.25, 0.3) is 11.9 Å². The lowest BCUT2D eigenvalue weighted by molar-refractivity contribution is 0.102. The molecular weight excluding hydrogens is 572 g/mol. The van der Waals surface area contributed by atoms with Crippen LogP contribution in [0.2, 0.25) is 0 Å². The molecule has 224 valence electrons. The van der Waals surface area contributed by atoms with Crippen molar-refractivity contribution in [2.24, 2.45) is 0 Å². The molecule has 10 nitrogen and oxygen atoms in total. The van der Waals surface area contributed by atoms with E-state index in [0.717, 1.165) is 34.3 Å². The van der Waals surface area contributed by atoms with Crippen molar-refractivity contribution in [3.63, 3.8) is 0 Å². The third kappa shape index (κ3) is 6.68. The molecule has 0 aliphatic heterocycles. The Bertz CT molecular complexity index is 1800. The summed E-state index contributed by atoms with van der Waals surface area (Å²) in [5.41, 5.74) is 6.66. The lowest BCUT2D eigenvalue weighted by Gasteiger charge is -2.23. The summed E-state index contributed by atoms with van der Waals surface area (Å²) in [4.78, 5) is 32.8. The van der Waals surface area contributed by atoms with Crippen LogP contribution in [0.4, 0.5) is 21.6 Å². The summed E-state index contributed by atoms with van der Waals surface area (Å²) in [5.74, 6) is -0.260. The predicted molar refractivity (Wildman–Crippen MR) is 175 cm³/mol. The Morgan fingerprint density at radius 3 is 2.45 bits per heavy atom. The normalized spacial score (nSPS) is 13.4. The number of fused-ring (bicyclic) bond motifs is 1. The first kappa shape index (κ1) is 29.2. The first-order valence-corrected chi connectivity index (χ1v) is 15.5. The quantitative estimate of drug-likeness (QED) is 0.175. The molecule has 1 aliphatic rings. The van der Waals surface area contributed by atoms with Gasteiger partial charge in [0.1, 0.15) is 0 Å². The van der Waals surface area contributed by atoms with Gasteiger partial charge in [-0.1, -0.05) is 73.6 Å². The number of hydrogen-bond acceptors (Lipinski definition) is 7. The Hall–Kier alpha value is -4.90. The molecule has 3 N–H and O–H groups in total. The van der Waals surface area contributed by atoms with Crippen molar-refractivity contribution >= 4 is 55.8 Å². The number of nitrogens with one attached hydrogen (secondary N) is 3. The van der Waals surface area contributed by atoms with E-state index in [-0.39, 0.29) is 23.3 Å². The van der Waals surface area contributed by atoms with Crippen LogP contribution in [0.1, 0.15) is 73.5 Å². The summed E-state index contributed by atoms with van der Waals surface area (Å²) in [6, 6.07) is 21.2. The highest BCUT2D eigenvalue weighted by Gasteiger charge is 2.21. The number of aromatic amines is 1. The minimum atomic E-state index is -0.356. The number of amides is 3. The number of allylic oxidation sites excluding steroid dienone is 2. The number of thiazole rings is 1. The minimum absolute atomic E-state index is 0.00109. The lowest BCUT2D eigenvalue weighted by Crippen LogP contribution is -2.34. The third-order valence-electron chi connectivity index (χ3n) is 7.68. The van der Waals surface area contributed by atoms with Crippen LogP contribution in [-0.2, 0) is 12.0 Å². The van der Waals surface area contributed by atoms with E-state index in [9.17, 15) is 9.59 Å². The molecular formula is C33H34N8O2S. The molecule has 0 unspecified atom stereocenters. The second kappa shape index (κ2) is 12.4. The van der Waals surface area contributed by atoms with Crippen molar-refractivity contribution in [2.45, 2.75) is 58.4 Å². The Balaban J connectivity index is 1.24. The van der Waals surface area contributed by atoms with E-state index in [1.807, 2.05) is 24.3 Å². The van der Waals surface area contributed by atoms with Crippen LogP contribution in [-0.4, -0.2) is 37.5 Å². The molecule has 0 spiro atoms. The number of H-pyrrole nitrogens is 1. The van der Waals surface area contributed by atoms with Crippen LogP contribution in [0.15, 0.2) is 72.8 Å². The number of urea groups is 1. The number of benzene rings is 3. The topological polar surface area (TPSA) is 129 Å². The molecule has 44 heavy (non-hydrogen) atoms. The highest BCUT2D eigenvalue weighted by Crippen LogP contribution is 2.32.